The SMILES string of the molecule is CNC1=CC(=S)C=CC1=S. The van der Waals surface area contributed by atoms with E-state index in [0.717, 1.165) is 15.4 Å². The highest BCUT2D eigenvalue weighted by atomic mass is 32.1. The molecule has 0 bridgehead atoms. The van der Waals surface area contributed by atoms with E-state index >= 15 is 0 Å². The molecule has 0 radical (unpaired) electrons. The molecule has 0 aromatic heterocycles. The highest BCUT2D eigenvalue weighted by Gasteiger charge is 2.03. The van der Waals surface area contributed by atoms with Gasteiger partial charge >= 0.3 is 0 Å². The van der Waals surface area contributed by atoms with Crippen molar-refractivity contribution in [1.82, 2.24) is 5.32 Å². The maximum absolute atomic E-state index is 5.00. The fraction of sp³-hybridized carbons (Fsp3) is 0.143. The summed E-state index contributed by atoms with van der Waals surface area (Å²) in [5, 5.41) is 2.97. The van der Waals surface area contributed by atoms with Crippen molar-refractivity contribution in [3.63, 3.8) is 0 Å². The molecule has 0 aliphatic heterocycles. The van der Waals surface area contributed by atoms with Crippen molar-refractivity contribution in [2.24, 2.45) is 0 Å². The third kappa shape index (κ3) is 1.49. The predicted octanol–water partition coefficient (Wildman–Crippen LogP) is 1.40. The minimum Gasteiger partial charge on any atom is -0.387 e. The summed E-state index contributed by atoms with van der Waals surface area (Å²) in [6.45, 7) is 0. The Morgan fingerprint density at radius 1 is 1.30 bits per heavy atom. The Hall–Kier alpha value is -0.540. The zero-order valence-corrected chi connectivity index (χ0v) is 7.18. The molecule has 1 nitrogen and oxygen atoms in total. The zero-order valence-electron chi connectivity index (χ0n) is 5.55. The van der Waals surface area contributed by atoms with E-state index in [0.29, 0.717) is 0 Å². The highest BCUT2D eigenvalue weighted by Crippen LogP contribution is 2.03. The number of rotatable bonds is 1. The molecular formula is C7H7NS2. The van der Waals surface area contributed by atoms with Crippen molar-refractivity contribution >= 4 is 34.2 Å². The van der Waals surface area contributed by atoms with Gasteiger partial charge in [0.15, 0.2) is 0 Å². The summed E-state index contributed by atoms with van der Waals surface area (Å²) in [4.78, 5) is 1.63. The molecule has 0 atom stereocenters. The molecule has 0 amide bonds. The van der Waals surface area contributed by atoms with Crippen LogP contribution < -0.4 is 5.32 Å². The fourth-order valence-corrected chi connectivity index (χ4v) is 1.12. The first-order valence-corrected chi connectivity index (χ1v) is 3.71. The summed E-state index contributed by atoms with van der Waals surface area (Å²) in [6.07, 6.45) is 5.53. The van der Waals surface area contributed by atoms with Gasteiger partial charge in [0.1, 0.15) is 0 Å². The van der Waals surface area contributed by atoms with Crippen LogP contribution in [0.2, 0.25) is 0 Å². The maximum atomic E-state index is 5.00. The number of nitrogens with one attached hydrogen (secondary N) is 1. The van der Waals surface area contributed by atoms with E-state index in [-0.39, 0.29) is 0 Å². The van der Waals surface area contributed by atoms with Crippen molar-refractivity contribution in [1.29, 1.82) is 0 Å². The highest BCUT2D eigenvalue weighted by molar-refractivity contribution is 7.82. The van der Waals surface area contributed by atoms with Crippen molar-refractivity contribution in [2.75, 3.05) is 7.05 Å². The average Bonchev–Trinajstić information content (AvgIpc) is 1.94. The summed E-state index contributed by atoms with van der Waals surface area (Å²) < 4.78 is 0. The van der Waals surface area contributed by atoms with Crippen LogP contribution in [0, 0.1) is 0 Å². The third-order valence-corrected chi connectivity index (χ3v) is 1.83. The van der Waals surface area contributed by atoms with Gasteiger partial charge in [-0.3, -0.25) is 0 Å². The van der Waals surface area contributed by atoms with Crippen molar-refractivity contribution < 1.29 is 0 Å². The Balaban J connectivity index is 2.89. The summed E-state index contributed by atoms with van der Waals surface area (Å²) in [7, 11) is 1.83. The molecule has 10 heavy (non-hydrogen) atoms. The zero-order chi connectivity index (χ0) is 7.56. The van der Waals surface area contributed by atoms with Crippen LogP contribution in [-0.2, 0) is 0 Å². The molecule has 0 spiro atoms. The third-order valence-electron chi connectivity index (χ3n) is 1.22. The second kappa shape index (κ2) is 3.03. The standard InChI is InChI=1S/C7H7NS2/c1-8-6-4-5(9)2-3-7(6)10/h2-4,8H,1H3. The summed E-state index contributed by atoms with van der Waals surface area (Å²) >= 11 is 9.94. The van der Waals surface area contributed by atoms with E-state index in [2.05, 4.69) is 5.32 Å². The van der Waals surface area contributed by atoms with Crippen LogP contribution in [-0.4, -0.2) is 16.8 Å². The minimum absolute atomic E-state index is 0.816. The Kier molecular flexibility index (Phi) is 2.29. The molecule has 0 aromatic carbocycles. The second-order valence-electron chi connectivity index (χ2n) is 1.91. The van der Waals surface area contributed by atoms with Gasteiger partial charge in [0.2, 0.25) is 0 Å². The number of thiocarbonyl (C=S) groups is 2. The summed E-state index contributed by atoms with van der Waals surface area (Å²) in [5.41, 5.74) is 0.933. The number of hydrogen-bond acceptors (Lipinski definition) is 3. The molecule has 0 unspecified atom stereocenters. The van der Waals surface area contributed by atoms with Gasteiger partial charge in [-0.1, -0.05) is 24.4 Å². The van der Waals surface area contributed by atoms with Gasteiger partial charge in [-0.25, -0.2) is 0 Å². The van der Waals surface area contributed by atoms with E-state index in [4.69, 9.17) is 24.4 Å². The van der Waals surface area contributed by atoms with Gasteiger partial charge in [0.05, 0.1) is 10.6 Å². The molecular weight excluding hydrogens is 162 g/mol. The first-order chi connectivity index (χ1) is 4.74. The van der Waals surface area contributed by atoms with Gasteiger partial charge in [0, 0.05) is 11.9 Å². The first-order valence-electron chi connectivity index (χ1n) is 2.90. The van der Waals surface area contributed by atoms with Crippen LogP contribution in [0.1, 0.15) is 0 Å². The fourth-order valence-electron chi connectivity index (χ4n) is 0.704. The van der Waals surface area contributed by atoms with Crippen LogP contribution in [0.25, 0.3) is 0 Å². The van der Waals surface area contributed by atoms with E-state index in [9.17, 15) is 0 Å². The van der Waals surface area contributed by atoms with Gasteiger partial charge in [-0.15, -0.1) is 0 Å². The lowest BCUT2D eigenvalue weighted by Crippen LogP contribution is -2.16. The van der Waals surface area contributed by atoms with Gasteiger partial charge in [0.25, 0.3) is 0 Å². The normalized spacial score (nSPS) is 17.1. The van der Waals surface area contributed by atoms with Crippen LogP contribution in [0.5, 0.6) is 0 Å². The molecule has 0 saturated carbocycles. The van der Waals surface area contributed by atoms with Crippen LogP contribution >= 0.6 is 24.4 Å². The molecule has 1 rings (SSSR count). The Morgan fingerprint density at radius 3 is 2.50 bits per heavy atom. The van der Waals surface area contributed by atoms with E-state index in [1.54, 1.807) is 0 Å². The average molecular weight is 169 g/mol. The van der Waals surface area contributed by atoms with Crippen molar-refractivity contribution in [3.05, 3.63) is 23.9 Å². The topological polar surface area (TPSA) is 12.0 Å². The molecule has 3 heteroatoms. The first kappa shape index (κ1) is 7.57. The largest absolute Gasteiger partial charge is 0.387 e. The molecule has 1 aliphatic carbocycles. The van der Waals surface area contributed by atoms with Gasteiger partial charge < -0.3 is 5.32 Å². The van der Waals surface area contributed by atoms with Crippen LogP contribution in [0.15, 0.2) is 23.9 Å². The molecule has 0 heterocycles. The minimum atomic E-state index is 0.816. The van der Waals surface area contributed by atoms with E-state index < -0.39 is 0 Å². The van der Waals surface area contributed by atoms with Gasteiger partial charge in [-0.05, 0) is 18.2 Å². The Morgan fingerprint density at radius 2 is 2.00 bits per heavy atom. The van der Waals surface area contributed by atoms with Crippen LogP contribution in [0.4, 0.5) is 0 Å². The van der Waals surface area contributed by atoms with Gasteiger partial charge in [-0.2, -0.15) is 0 Å². The van der Waals surface area contributed by atoms with E-state index in [1.807, 2.05) is 25.3 Å². The Bertz CT molecular complexity index is 238. The van der Waals surface area contributed by atoms with Crippen molar-refractivity contribution in [2.45, 2.75) is 0 Å². The Labute approximate surface area is 70.8 Å². The molecule has 1 N–H and O–H groups in total. The van der Waals surface area contributed by atoms with Crippen LogP contribution in [0.3, 0.4) is 0 Å². The second-order valence-corrected chi connectivity index (χ2v) is 2.82. The maximum Gasteiger partial charge on any atom is 0.0609 e. The predicted molar refractivity (Wildman–Crippen MR) is 51.5 cm³/mol. The monoisotopic (exact) mass is 169 g/mol. The summed E-state index contributed by atoms with van der Waals surface area (Å²) in [5.74, 6) is 0. The molecule has 52 valence electrons. The molecule has 0 aromatic rings. The quantitative estimate of drug-likeness (QED) is 0.596. The lowest BCUT2D eigenvalue weighted by Gasteiger charge is -2.07. The number of hydrogen-bond donors (Lipinski definition) is 1. The lowest BCUT2D eigenvalue weighted by molar-refractivity contribution is 1.06. The number of allylic oxidation sites excluding steroid dienone is 3. The van der Waals surface area contributed by atoms with Crippen molar-refractivity contribution in [3.8, 4) is 0 Å². The lowest BCUT2D eigenvalue weighted by atomic mass is 10.1. The van der Waals surface area contributed by atoms with E-state index in [1.165, 1.54) is 0 Å². The smallest absolute Gasteiger partial charge is 0.0609 e. The molecule has 0 fully saturated rings. The molecule has 0 saturated heterocycles. The molecule has 1 aliphatic rings. The summed E-state index contributed by atoms with van der Waals surface area (Å²) in [6, 6.07) is 0.